The van der Waals surface area contributed by atoms with Crippen molar-refractivity contribution in [1.82, 2.24) is 0 Å². The van der Waals surface area contributed by atoms with Crippen molar-refractivity contribution in [2.75, 3.05) is 12.4 Å². The molecule has 5 heteroatoms. The molecule has 0 aliphatic heterocycles. The molecular formula is C8H15O4S-. The van der Waals surface area contributed by atoms with Crippen molar-refractivity contribution in [3.8, 4) is 0 Å². The van der Waals surface area contributed by atoms with Gasteiger partial charge in [0.1, 0.15) is 5.75 Å². The highest BCUT2D eigenvalue weighted by atomic mass is 32.2. The maximum Gasteiger partial charge on any atom is 0.317 e. The molecule has 0 radical (unpaired) electrons. The third-order valence-corrected chi connectivity index (χ3v) is 2.02. The van der Waals surface area contributed by atoms with E-state index in [9.17, 15) is 13.6 Å². The Balaban J connectivity index is 3.51. The van der Waals surface area contributed by atoms with Gasteiger partial charge >= 0.3 is 5.97 Å². The molecule has 13 heavy (non-hydrogen) atoms. The third-order valence-electron chi connectivity index (χ3n) is 1.55. The van der Waals surface area contributed by atoms with Crippen molar-refractivity contribution in [1.29, 1.82) is 0 Å². The first-order valence-electron chi connectivity index (χ1n) is 4.27. The number of hydrogen-bond acceptors (Lipinski definition) is 4. The maximum absolute atomic E-state index is 10.7. The Morgan fingerprint density at radius 3 is 2.69 bits per heavy atom. The van der Waals surface area contributed by atoms with E-state index in [0.29, 0.717) is 12.5 Å². The van der Waals surface area contributed by atoms with Gasteiger partial charge in [0, 0.05) is 0 Å². The van der Waals surface area contributed by atoms with Gasteiger partial charge in [-0.1, -0.05) is 20.3 Å². The number of esters is 1. The van der Waals surface area contributed by atoms with E-state index in [2.05, 4.69) is 0 Å². The van der Waals surface area contributed by atoms with Crippen LogP contribution in [0.3, 0.4) is 0 Å². The van der Waals surface area contributed by atoms with Gasteiger partial charge in [-0.15, -0.1) is 0 Å². The van der Waals surface area contributed by atoms with Crippen LogP contribution < -0.4 is 0 Å². The number of carbonyl (C=O) groups excluding carboxylic acids is 1. The first-order chi connectivity index (χ1) is 6.06. The van der Waals surface area contributed by atoms with E-state index >= 15 is 0 Å². The van der Waals surface area contributed by atoms with Crippen LogP contribution in [-0.2, 0) is 20.6 Å². The van der Waals surface area contributed by atoms with E-state index in [4.69, 9.17) is 4.74 Å². The third kappa shape index (κ3) is 7.93. The lowest BCUT2D eigenvalue weighted by Crippen LogP contribution is -2.17. The molecule has 0 aliphatic carbocycles. The fourth-order valence-electron chi connectivity index (χ4n) is 0.949. The summed E-state index contributed by atoms with van der Waals surface area (Å²) in [5, 5.41) is 0. The van der Waals surface area contributed by atoms with Gasteiger partial charge in [-0.05, 0) is 23.4 Å². The average Bonchev–Trinajstić information content (AvgIpc) is 2.00. The fraction of sp³-hybridized carbons (Fsp3) is 0.875. The number of ether oxygens (including phenoxy) is 1. The van der Waals surface area contributed by atoms with Crippen molar-refractivity contribution in [2.24, 2.45) is 5.92 Å². The summed E-state index contributed by atoms with van der Waals surface area (Å²) in [6, 6.07) is 0. The molecule has 0 fully saturated rings. The highest BCUT2D eigenvalue weighted by molar-refractivity contribution is 7.79. The summed E-state index contributed by atoms with van der Waals surface area (Å²) in [4.78, 5) is 10.7. The Labute approximate surface area is 80.9 Å². The van der Waals surface area contributed by atoms with Crippen LogP contribution in [0.15, 0.2) is 0 Å². The molecule has 0 heterocycles. The molecule has 2 atom stereocenters. The van der Waals surface area contributed by atoms with Gasteiger partial charge in [0.25, 0.3) is 0 Å². The molecule has 0 aliphatic rings. The molecule has 4 nitrogen and oxygen atoms in total. The molecule has 0 N–H and O–H groups in total. The summed E-state index contributed by atoms with van der Waals surface area (Å²) in [5.41, 5.74) is 0. The van der Waals surface area contributed by atoms with Crippen molar-refractivity contribution < 1.29 is 18.3 Å². The van der Waals surface area contributed by atoms with Gasteiger partial charge in [0.2, 0.25) is 0 Å². The lowest BCUT2D eigenvalue weighted by Gasteiger charge is -2.11. The molecule has 0 saturated carbocycles. The van der Waals surface area contributed by atoms with Gasteiger partial charge in [-0.2, -0.15) is 0 Å². The van der Waals surface area contributed by atoms with Crippen molar-refractivity contribution >= 4 is 17.0 Å². The maximum atomic E-state index is 10.7. The SMILES string of the molecule is CCCC(C)COC(=O)CS(=O)[O-]. The number of carbonyl (C=O) groups is 1. The van der Waals surface area contributed by atoms with Gasteiger partial charge < -0.3 is 9.29 Å². The molecule has 0 saturated heterocycles. The second-order valence-corrected chi connectivity index (χ2v) is 3.92. The second kappa shape index (κ2) is 7.03. The van der Waals surface area contributed by atoms with Crippen LogP contribution >= 0.6 is 0 Å². The Bertz CT molecular complexity index is 181. The van der Waals surface area contributed by atoms with Gasteiger partial charge in [-0.25, -0.2) is 0 Å². The van der Waals surface area contributed by atoms with Crippen LogP contribution in [-0.4, -0.2) is 27.1 Å². The molecule has 0 amide bonds. The zero-order valence-corrected chi connectivity index (χ0v) is 8.76. The minimum atomic E-state index is -2.34. The smallest absolute Gasteiger partial charge is 0.317 e. The van der Waals surface area contributed by atoms with Crippen molar-refractivity contribution in [3.63, 3.8) is 0 Å². The van der Waals surface area contributed by atoms with Crippen molar-refractivity contribution in [3.05, 3.63) is 0 Å². The van der Waals surface area contributed by atoms with Gasteiger partial charge in [-0.3, -0.25) is 9.00 Å². The van der Waals surface area contributed by atoms with E-state index < -0.39 is 22.8 Å². The van der Waals surface area contributed by atoms with Crippen LogP contribution in [0.4, 0.5) is 0 Å². The van der Waals surface area contributed by atoms with Crippen LogP contribution in [0.1, 0.15) is 26.7 Å². The summed E-state index contributed by atoms with van der Waals surface area (Å²) in [6.07, 6.45) is 2.01. The predicted molar refractivity (Wildman–Crippen MR) is 48.8 cm³/mol. The summed E-state index contributed by atoms with van der Waals surface area (Å²) in [7, 11) is 0. The lowest BCUT2D eigenvalue weighted by molar-refractivity contribution is -0.141. The molecule has 0 spiro atoms. The molecule has 0 aromatic carbocycles. The fourth-order valence-corrected chi connectivity index (χ4v) is 1.23. The average molecular weight is 207 g/mol. The first-order valence-corrected chi connectivity index (χ1v) is 5.52. The van der Waals surface area contributed by atoms with Crippen LogP contribution in [0.25, 0.3) is 0 Å². The molecule has 0 bridgehead atoms. The molecular weight excluding hydrogens is 192 g/mol. The quantitative estimate of drug-likeness (QED) is 0.478. The Kier molecular flexibility index (Phi) is 6.80. The Hall–Kier alpha value is -0.420. The standard InChI is InChI=1S/C8H16O4S/c1-3-4-7(2)5-12-8(9)6-13(10)11/h7H,3-6H2,1-2H3,(H,10,11)/p-1. The number of hydrogen-bond donors (Lipinski definition) is 0. The monoisotopic (exact) mass is 207 g/mol. The van der Waals surface area contributed by atoms with Crippen molar-refractivity contribution in [2.45, 2.75) is 26.7 Å². The summed E-state index contributed by atoms with van der Waals surface area (Å²) < 4.78 is 24.9. The van der Waals surface area contributed by atoms with E-state index in [1.807, 2.05) is 13.8 Å². The topological polar surface area (TPSA) is 66.4 Å². The minimum absolute atomic E-state index is 0.300. The molecule has 78 valence electrons. The minimum Gasteiger partial charge on any atom is -0.772 e. The van der Waals surface area contributed by atoms with Gasteiger partial charge in [0.05, 0.1) is 6.61 Å². The Morgan fingerprint density at radius 1 is 1.62 bits per heavy atom. The second-order valence-electron chi connectivity index (χ2n) is 3.02. The Morgan fingerprint density at radius 2 is 2.23 bits per heavy atom. The zero-order chi connectivity index (χ0) is 10.3. The highest BCUT2D eigenvalue weighted by Gasteiger charge is 2.06. The summed E-state index contributed by atoms with van der Waals surface area (Å²) in [6.45, 7) is 4.32. The predicted octanol–water partition coefficient (Wildman–Crippen LogP) is 0.845. The summed E-state index contributed by atoms with van der Waals surface area (Å²) >= 11 is -2.34. The van der Waals surface area contributed by atoms with E-state index in [1.165, 1.54) is 0 Å². The van der Waals surface area contributed by atoms with E-state index in [-0.39, 0.29) is 0 Å². The zero-order valence-electron chi connectivity index (χ0n) is 7.95. The van der Waals surface area contributed by atoms with E-state index in [1.54, 1.807) is 0 Å². The lowest BCUT2D eigenvalue weighted by atomic mass is 10.1. The molecule has 2 unspecified atom stereocenters. The molecule has 0 rings (SSSR count). The summed E-state index contributed by atoms with van der Waals surface area (Å²) in [5.74, 6) is -0.913. The van der Waals surface area contributed by atoms with Crippen LogP contribution in [0.2, 0.25) is 0 Å². The normalized spacial score (nSPS) is 15.0. The first kappa shape index (κ1) is 12.6. The van der Waals surface area contributed by atoms with Gasteiger partial charge in [0.15, 0.2) is 0 Å². The highest BCUT2D eigenvalue weighted by Crippen LogP contribution is 2.04. The number of rotatable bonds is 6. The largest absolute Gasteiger partial charge is 0.772 e. The molecule has 0 aromatic rings. The van der Waals surface area contributed by atoms with E-state index in [0.717, 1.165) is 12.8 Å². The van der Waals surface area contributed by atoms with Crippen LogP contribution in [0.5, 0.6) is 0 Å². The van der Waals surface area contributed by atoms with Crippen LogP contribution in [0, 0.1) is 5.92 Å². The molecule has 0 aromatic heterocycles.